The molecule has 2 nitrogen and oxygen atoms in total. The van der Waals surface area contributed by atoms with E-state index < -0.39 is 17.7 Å². The van der Waals surface area contributed by atoms with E-state index in [1.54, 1.807) is 0 Å². The molecule has 1 atom stereocenters. The van der Waals surface area contributed by atoms with E-state index in [0.29, 0.717) is 0 Å². The van der Waals surface area contributed by atoms with E-state index in [1.807, 2.05) is 0 Å². The van der Waals surface area contributed by atoms with Gasteiger partial charge in [-0.05, 0) is 31.0 Å². The van der Waals surface area contributed by atoms with Crippen molar-refractivity contribution in [1.29, 1.82) is 0 Å². The smallest absolute Gasteiger partial charge is 0.130 e. The van der Waals surface area contributed by atoms with Crippen LogP contribution in [-0.4, -0.2) is 13.1 Å². The van der Waals surface area contributed by atoms with Gasteiger partial charge in [0.15, 0.2) is 0 Å². The molecule has 17 heavy (non-hydrogen) atoms. The first-order chi connectivity index (χ1) is 8.22. The second-order valence-electron chi connectivity index (χ2n) is 4.61. The molecule has 0 heterocycles. The molecule has 0 aliphatic heterocycles. The van der Waals surface area contributed by atoms with Gasteiger partial charge in [0, 0.05) is 12.1 Å². The Morgan fingerprint density at radius 1 is 1.29 bits per heavy atom. The van der Waals surface area contributed by atoms with Gasteiger partial charge in [-0.25, -0.2) is 8.78 Å². The molecule has 2 rings (SSSR count). The van der Waals surface area contributed by atoms with Crippen molar-refractivity contribution in [3.05, 3.63) is 35.4 Å². The first-order valence-electron chi connectivity index (χ1n) is 6.09. The van der Waals surface area contributed by atoms with E-state index in [9.17, 15) is 8.78 Å². The molecule has 1 fully saturated rings. The lowest BCUT2D eigenvalue weighted by atomic mass is 10.1. The predicted molar refractivity (Wildman–Crippen MR) is 63.5 cm³/mol. The van der Waals surface area contributed by atoms with E-state index in [4.69, 9.17) is 5.73 Å². The second-order valence-corrected chi connectivity index (χ2v) is 4.61. The maximum Gasteiger partial charge on any atom is 0.130 e. The van der Waals surface area contributed by atoms with Gasteiger partial charge in [0.05, 0.1) is 6.04 Å². The van der Waals surface area contributed by atoms with Gasteiger partial charge in [0.2, 0.25) is 0 Å². The van der Waals surface area contributed by atoms with Crippen molar-refractivity contribution < 1.29 is 8.78 Å². The van der Waals surface area contributed by atoms with Gasteiger partial charge in [-0.3, -0.25) is 0 Å². The van der Waals surface area contributed by atoms with Gasteiger partial charge in [-0.1, -0.05) is 18.9 Å². The lowest BCUT2D eigenvalue weighted by Gasteiger charge is -2.18. The standard InChI is InChI=1S/C13H18F2N2/c14-10-2-1-3-11(15)13(10)12(8-16)17-7-6-9-4-5-9/h1-3,9,12,17H,4-8,16H2. The largest absolute Gasteiger partial charge is 0.329 e. The van der Waals surface area contributed by atoms with Crippen molar-refractivity contribution in [1.82, 2.24) is 5.32 Å². The SMILES string of the molecule is NCC(NCCC1CC1)c1c(F)cccc1F. The fraction of sp³-hybridized carbons (Fsp3) is 0.538. The van der Waals surface area contributed by atoms with Crippen molar-refractivity contribution in [2.45, 2.75) is 25.3 Å². The molecule has 0 radical (unpaired) electrons. The minimum absolute atomic E-state index is 0.0609. The zero-order chi connectivity index (χ0) is 12.3. The van der Waals surface area contributed by atoms with Crippen LogP contribution in [0, 0.1) is 17.6 Å². The highest BCUT2D eigenvalue weighted by Gasteiger charge is 2.22. The topological polar surface area (TPSA) is 38.0 Å². The Bertz CT molecular complexity index is 357. The molecular formula is C13H18F2N2. The van der Waals surface area contributed by atoms with Gasteiger partial charge >= 0.3 is 0 Å². The van der Waals surface area contributed by atoms with Crippen LogP contribution in [0.5, 0.6) is 0 Å². The van der Waals surface area contributed by atoms with Crippen LogP contribution in [0.3, 0.4) is 0 Å². The number of hydrogen-bond donors (Lipinski definition) is 2. The molecule has 0 spiro atoms. The van der Waals surface area contributed by atoms with Crippen molar-refractivity contribution >= 4 is 0 Å². The Morgan fingerprint density at radius 3 is 2.47 bits per heavy atom. The first-order valence-corrected chi connectivity index (χ1v) is 6.09. The highest BCUT2D eigenvalue weighted by atomic mass is 19.1. The van der Waals surface area contributed by atoms with E-state index in [2.05, 4.69) is 5.32 Å². The van der Waals surface area contributed by atoms with Gasteiger partial charge in [-0.15, -0.1) is 0 Å². The van der Waals surface area contributed by atoms with Crippen LogP contribution < -0.4 is 11.1 Å². The van der Waals surface area contributed by atoms with Crippen LogP contribution in [0.15, 0.2) is 18.2 Å². The molecule has 1 aliphatic rings. The second kappa shape index (κ2) is 5.56. The van der Waals surface area contributed by atoms with Gasteiger partial charge < -0.3 is 11.1 Å². The summed E-state index contributed by atoms with van der Waals surface area (Å²) >= 11 is 0. The van der Waals surface area contributed by atoms with Crippen LogP contribution in [0.25, 0.3) is 0 Å². The molecule has 1 aromatic carbocycles. The highest BCUT2D eigenvalue weighted by molar-refractivity contribution is 5.23. The molecule has 94 valence electrons. The molecule has 0 amide bonds. The molecule has 0 saturated heterocycles. The molecule has 0 bridgehead atoms. The van der Waals surface area contributed by atoms with Crippen molar-refractivity contribution in [2.75, 3.05) is 13.1 Å². The zero-order valence-electron chi connectivity index (χ0n) is 9.76. The molecule has 1 aliphatic carbocycles. The average molecular weight is 240 g/mol. The minimum atomic E-state index is -0.528. The number of nitrogens with one attached hydrogen (secondary N) is 1. The van der Waals surface area contributed by atoms with Gasteiger partial charge in [0.1, 0.15) is 11.6 Å². The summed E-state index contributed by atoms with van der Waals surface area (Å²) in [6, 6.07) is 3.47. The fourth-order valence-electron chi connectivity index (χ4n) is 2.02. The third-order valence-electron chi connectivity index (χ3n) is 3.22. The monoisotopic (exact) mass is 240 g/mol. The summed E-state index contributed by atoms with van der Waals surface area (Å²) in [5, 5.41) is 3.13. The van der Waals surface area contributed by atoms with Crippen LogP contribution in [0.4, 0.5) is 8.78 Å². The third-order valence-corrected chi connectivity index (χ3v) is 3.22. The molecule has 3 N–H and O–H groups in total. The van der Waals surface area contributed by atoms with Crippen molar-refractivity contribution in [2.24, 2.45) is 11.7 Å². The van der Waals surface area contributed by atoms with Crippen molar-refractivity contribution in [3.63, 3.8) is 0 Å². The number of benzene rings is 1. The number of rotatable bonds is 6. The van der Waals surface area contributed by atoms with Crippen LogP contribution in [0.2, 0.25) is 0 Å². The summed E-state index contributed by atoms with van der Waals surface area (Å²) in [6.45, 7) is 0.961. The Morgan fingerprint density at radius 2 is 1.94 bits per heavy atom. The Hall–Kier alpha value is -1.00. The summed E-state index contributed by atoms with van der Waals surface area (Å²) in [5.74, 6) is -0.259. The normalized spacial score (nSPS) is 17.1. The summed E-state index contributed by atoms with van der Waals surface area (Å²) in [7, 11) is 0. The lowest BCUT2D eigenvalue weighted by Crippen LogP contribution is -2.30. The zero-order valence-corrected chi connectivity index (χ0v) is 9.76. The Balaban J connectivity index is 1.99. The van der Waals surface area contributed by atoms with Gasteiger partial charge in [-0.2, -0.15) is 0 Å². The van der Waals surface area contributed by atoms with E-state index in [-0.39, 0.29) is 12.1 Å². The number of halogens is 2. The molecule has 1 saturated carbocycles. The molecule has 1 aromatic rings. The van der Waals surface area contributed by atoms with Crippen LogP contribution in [-0.2, 0) is 0 Å². The number of hydrogen-bond acceptors (Lipinski definition) is 2. The van der Waals surface area contributed by atoms with Gasteiger partial charge in [0.25, 0.3) is 0 Å². The highest BCUT2D eigenvalue weighted by Crippen LogP contribution is 2.32. The summed E-state index contributed by atoms with van der Waals surface area (Å²) in [5.41, 5.74) is 5.64. The van der Waals surface area contributed by atoms with E-state index in [0.717, 1.165) is 18.9 Å². The van der Waals surface area contributed by atoms with Crippen LogP contribution in [0.1, 0.15) is 30.9 Å². The van der Waals surface area contributed by atoms with E-state index in [1.165, 1.54) is 31.0 Å². The fourth-order valence-corrected chi connectivity index (χ4v) is 2.02. The predicted octanol–water partition coefficient (Wildman–Crippen LogP) is 2.35. The molecule has 1 unspecified atom stereocenters. The third kappa shape index (κ3) is 3.23. The quantitative estimate of drug-likeness (QED) is 0.801. The summed E-state index contributed by atoms with van der Waals surface area (Å²) < 4.78 is 27.1. The molecule has 0 aromatic heterocycles. The lowest BCUT2D eigenvalue weighted by molar-refractivity contribution is 0.462. The van der Waals surface area contributed by atoms with Crippen molar-refractivity contribution in [3.8, 4) is 0 Å². The Labute approximate surface area is 100 Å². The maximum atomic E-state index is 13.6. The summed E-state index contributed by atoms with van der Waals surface area (Å²) in [6.07, 6.45) is 3.62. The average Bonchev–Trinajstić information content (AvgIpc) is 3.10. The molecular weight excluding hydrogens is 222 g/mol. The van der Waals surface area contributed by atoms with Crippen LogP contribution >= 0.6 is 0 Å². The Kier molecular flexibility index (Phi) is 4.07. The minimum Gasteiger partial charge on any atom is -0.329 e. The first kappa shape index (κ1) is 12.5. The van der Waals surface area contributed by atoms with E-state index >= 15 is 0 Å². The summed E-state index contributed by atoms with van der Waals surface area (Å²) in [4.78, 5) is 0. The molecule has 4 heteroatoms. The maximum absolute atomic E-state index is 13.6. The number of nitrogens with two attached hydrogens (primary N) is 1.